The summed E-state index contributed by atoms with van der Waals surface area (Å²) in [5.74, 6) is -0.445. The zero-order valence-electron chi connectivity index (χ0n) is 16.4. The molecule has 0 atom stereocenters. The van der Waals surface area contributed by atoms with Gasteiger partial charge in [0.2, 0.25) is 11.8 Å². The summed E-state index contributed by atoms with van der Waals surface area (Å²) in [6.07, 6.45) is 0. The van der Waals surface area contributed by atoms with Gasteiger partial charge in [0, 0.05) is 25.2 Å². The van der Waals surface area contributed by atoms with Crippen molar-refractivity contribution in [3.05, 3.63) is 53.1 Å². The van der Waals surface area contributed by atoms with E-state index in [9.17, 15) is 14.4 Å². The summed E-state index contributed by atoms with van der Waals surface area (Å²) in [6.45, 7) is 6.94. The number of carbonyl (C=O) groups is 3. The van der Waals surface area contributed by atoms with Gasteiger partial charge in [0.25, 0.3) is 0 Å². The molecule has 2 N–H and O–H groups in total. The van der Waals surface area contributed by atoms with Crippen molar-refractivity contribution in [2.75, 3.05) is 23.8 Å². The fraction of sp³-hybridized carbons (Fsp3) is 0.286. The zero-order chi connectivity index (χ0) is 20.7. The monoisotopic (exact) mass is 384 g/mol. The fourth-order valence-electron chi connectivity index (χ4n) is 2.69. The van der Waals surface area contributed by atoms with Crippen LogP contribution in [0.3, 0.4) is 0 Å². The van der Waals surface area contributed by atoms with Crippen LogP contribution in [0.2, 0.25) is 0 Å². The van der Waals surface area contributed by atoms with Crippen LogP contribution in [0.4, 0.5) is 11.4 Å². The van der Waals surface area contributed by atoms with Gasteiger partial charge in [-0.1, -0.05) is 6.07 Å². The van der Waals surface area contributed by atoms with Crippen LogP contribution < -0.4 is 15.4 Å². The standard InChI is InChI=1S/C21H24N2O5/c1-13-7-14(2)9-20(8-13)27-5-6-28-21(26)17-10-18(22-15(3)24)12-19(11-17)23-16(4)25/h7-12H,5-6H2,1-4H3,(H,22,24)(H,23,25). The number of rotatable bonds is 7. The first-order valence-corrected chi connectivity index (χ1v) is 8.81. The molecule has 2 aromatic carbocycles. The molecule has 0 unspecified atom stereocenters. The highest BCUT2D eigenvalue weighted by molar-refractivity contribution is 5.97. The maximum atomic E-state index is 12.3. The number of nitrogens with one attached hydrogen (secondary N) is 2. The highest BCUT2D eigenvalue weighted by atomic mass is 16.6. The van der Waals surface area contributed by atoms with Gasteiger partial charge in [0.1, 0.15) is 19.0 Å². The topological polar surface area (TPSA) is 93.7 Å². The van der Waals surface area contributed by atoms with E-state index in [1.54, 1.807) is 6.07 Å². The maximum absolute atomic E-state index is 12.3. The van der Waals surface area contributed by atoms with Crippen LogP contribution in [-0.4, -0.2) is 31.0 Å². The number of carbonyl (C=O) groups excluding carboxylic acids is 3. The highest BCUT2D eigenvalue weighted by Crippen LogP contribution is 2.20. The number of esters is 1. The summed E-state index contributed by atoms with van der Waals surface area (Å²) < 4.78 is 10.9. The number of hydrogen-bond donors (Lipinski definition) is 2. The first-order chi connectivity index (χ1) is 13.2. The van der Waals surface area contributed by atoms with Gasteiger partial charge in [-0.2, -0.15) is 0 Å². The second kappa shape index (κ2) is 9.55. The van der Waals surface area contributed by atoms with Crippen LogP contribution in [0.25, 0.3) is 0 Å². The van der Waals surface area contributed by atoms with Crippen molar-refractivity contribution in [2.24, 2.45) is 0 Å². The molecule has 0 spiro atoms. The molecule has 0 fully saturated rings. The molecule has 0 saturated heterocycles. The average molecular weight is 384 g/mol. The average Bonchev–Trinajstić information content (AvgIpc) is 2.56. The lowest BCUT2D eigenvalue weighted by atomic mass is 10.1. The minimum absolute atomic E-state index is 0.0612. The van der Waals surface area contributed by atoms with Gasteiger partial charge in [-0.05, 0) is 55.3 Å². The van der Waals surface area contributed by atoms with Gasteiger partial charge in [-0.3, -0.25) is 9.59 Å². The van der Waals surface area contributed by atoms with E-state index in [1.165, 1.54) is 26.0 Å². The van der Waals surface area contributed by atoms with Gasteiger partial charge >= 0.3 is 5.97 Å². The lowest BCUT2D eigenvalue weighted by Gasteiger charge is -2.11. The lowest BCUT2D eigenvalue weighted by molar-refractivity contribution is -0.115. The second-order valence-corrected chi connectivity index (χ2v) is 6.47. The predicted molar refractivity (Wildman–Crippen MR) is 107 cm³/mol. The Balaban J connectivity index is 1.99. The van der Waals surface area contributed by atoms with Crippen molar-refractivity contribution in [3.8, 4) is 5.75 Å². The number of anilines is 2. The molecule has 0 aliphatic heterocycles. The lowest BCUT2D eigenvalue weighted by Crippen LogP contribution is -2.14. The summed E-state index contributed by atoms with van der Waals surface area (Å²) in [4.78, 5) is 34.9. The van der Waals surface area contributed by atoms with Gasteiger partial charge in [-0.25, -0.2) is 4.79 Å². The smallest absolute Gasteiger partial charge is 0.338 e. The Bertz CT molecular complexity index is 838. The Labute approximate surface area is 164 Å². The molecule has 0 radical (unpaired) electrons. The molecule has 0 aliphatic carbocycles. The normalized spacial score (nSPS) is 10.1. The van der Waals surface area contributed by atoms with Gasteiger partial charge in [0.05, 0.1) is 5.56 Å². The van der Waals surface area contributed by atoms with Gasteiger partial charge in [-0.15, -0.1) is 0 Å². The number of hydrogen-bond acceptors (Lipinski definition) is 5. The number of amides is 2. The molecule has 0 aromatic heterocycles. The van der Waals surface area contributed by atoms with Gasteiger partial charge < -0.3 is 20.1 Å². The highest BCUT2D eigenvalue weighted by Gasteiger charge is 2.12. The number of ether oxygens (including phenoxy) is 2. The first kappa shape index (κ1) is 21.0. The Hall–Kier alpha value is -3.35. The molecular weight excluding hydrogens is 360 g/mol. The van der Waals surface area contributed by atoms with Crippen LogP contribution in [0.5, 0.6) is 5.75 Å². The summed E-state index contributed by atoms with van der Waals surface area (Å²) in [5.41, 5.74) is 3.16. The van der Waals surface area contributed by atoms with E-state index in [1.807, 2.05) is 32.0 Å². The van der Waals surface area contributed by atoms with Crippen LogP contribution in [-0.2, 0) is 14.3 Å². The minimum atomic E-state index is -0.581. The molecule has 0 aliphatic rings. The van der Waals surface area contributed by atoms with E-state index in [0.717, 1.165) is 11.1 Å². The van der Waals surface area contributed by atoms with E-state index < -0.39 is 5.97 Å². The Morgan fingerprint density at radius 2 is 1.32 bits per heavy atom. The van der Waals surface area contributed by atoms with E-state index in [0.29, 0.717) is 17.1 Å². The van der Waals surface area contributed by atoms with Crippen molar-refractivity contribution in [1.82, 2.24) is 0 Å². The molecule has 0 bridgehead atoms. The second-order valence-electron chi connectivity index (χ2n) is 6.47. The predicted octanol–water partition coefficient (Wildman–Crippen LogP) is 3.46. The SMILES string of the molecule is CC(=O)Nc1cc(NC(C)=O)cc(C(=O)OCCOc2cc(C)cc(C)c2)c1. The third kappa shape index (κ3) is 6.75. The molecule has 2 rings (SSSR count). The molecule has 7 nitrogen and oxygen atoms in total. The first-order valence-electron chi connectivity index (χ1n) is 8.81. The summed E-state index contributed by atoms with van der Waals surface area (Å²) in [7, 11) is 0. The molecule has 2 amide bonds. The van der Waals surface area contributed by atoms with Crippen molar-refractivity contribution in [3.63, 3.8) is 0 Å². The van der Waals surface area contributed by atoms with E-state index >= 15 is 0 Å². The van der Waals surface area contributed by atoms with Crippen LogP contribution >= 0.6 is 0 Å². The van der Waals surface area contributed by atoms with Crippen molar-refractivity contribution in [1.29, 1.82) is 0 Å². The van der Waals surface area contributed by atoms with Gasteiger partial charge in [0.15, 0.2) is 0 Å². The van der Waals surface area contributed by atoms with E-state index in [4.69, 9.17) is 9.47 Å². The third-order valence-corrected chi connectivity index (χ3v) is 3.59. The van der Waals surface area contributed by atoms with Crippen LogP contribution in [0.1, 0.15) is 35.3 Å². The van der Waals surface area contributed by atoms with E-state index in [2.05, 4.69) is 10.6 Å². The van der Waals surface area contributed by atoms with Crippen molar-refractivity contribution in [2.45, 2.75) is 27.7 Å². The molecule has 0 heterocycles. The molecule has 148 valence electrons. The minimum Gasteiger partial charge on any atom is -0.490 e. The quantitative estimate of drug-likeness (QED) is 0.563. The molecular formula is C21H24N2O5. The van der Waals surface area contributed by atoms with E-state index in [-0.39, 0.29) is 30.6 Å². The number of aryl methyl sites for hydroxylation is 2. The summed E-state index contributed by atoms with van der Waals surface area (Å²) >= 11 is 0. The molecule has 2 aromatic rings. The number of benzene rings is 2. The van der Waals surface area contributed by atoms with Crippen LogP contribution in [0.15, 0.2) is 36.4 Å². The third-order valence-electron chi connectivity index (χ3n) is 3.59. The van der Waals surface area contributed by atoms with Crippen molar-refractivity contribution >= 4 is 29.2 Å². The molecule has 28 heavy (non-hydrogen) atoms. The van der Waals surface area contributed by atoms with Crippen LogP contribution in [0, 0.1) is 13.8 Å². The molecule has 7 heteroatoms. The fourth-order valence-corrected chi connectivity index (χ4v) is 2.69. The summed E-state index contributed by atoms with van der Waals surface area (Å²) in [6, 6.07) is 10.4. The summed E-state index contributed by atoms with van der Waals surface area (Å²) in [5, 5.41) is 5.18. The largest absolute Gasteiger partial charge is 0.490 e. The van der Waals surface area contributed by atoms with Crippen molar-refractivity contribution < 1.29 is 23.9 Å². The maximum Gasteiger partial charge on any atom is 0.338 e. The molecule has 0 saturated carbocycles. The Morgan fingerprint density at radius 1 is 0.786 bits per heavy atom. The Kier molecular flexibility index (Phi) is 7.14. The zero-order valence-corrected chi connectivity index (χ0v) is 16.4. The Morgan fingerprint density at radius 3 is 1.82 bits per heavy atom.